The van der Waals surface area contributed by atoms with Crippen molar-refractivity contribution >= 4 is 34.4 Å². The van der Waals surface area contributed by atoms with Crippen molar-refractivity contribution in [2.24, 2.45) is 0 Å². The number of fused-ring (bicyclic) bond motifs is 1. The van der Waals surface area contributed by atoms with E-state index < -0.39 is 0 Å². The predicted octanol–water partition coefficient (Wildman–Crippen LogP) is 5.95. The highest BCUT2D eigenvalue weighted by atomic mass is 35.5. The third-order valence-corrected chi connectivity index (χ3v) is 5.96. The van der Waals surface area contributed by atoms with Gasteiger partial charge in [0.15, 0.2) is 11.5 Å². The zero-order chi connectivity index (χ0) is 22.8. The Hall–Kier alpha value is -2.47. The molecule has 7 heteroatoms. The molecule has 3 rings (SSSR count). The number of nitrogens with two attached hydrogens (primary N) is 1. The molecule has 2 N–H and O–H groups in total. The van der Waals surface area contributed by atoms with Crippen LogP contribution in [0.15, 0.2) is 30.6 Å². The highest BCUT2D eigenvalue weighted by Gasteiger charge is 2.11. The molecule has 2 aromatic heterocycles. The van der Waals surface area contributed by atoms with Gasteiger partial charge in [0, 0.05) is 30.8 Å². The molecule has 0 unspecified atom stereocenters. The number of anilines is 1. The molecule has 1 aromatic carbocycles. The van der Waals surface area contributed by atoms with E-state index in [2.05, 4.69) is 21.5 Å². The van der Waals surface area contributed by atoms with E-state index in [0.717, 1.165) is 67.1 Å². The maximum atomic E-state index is 12.2. The highest BCUT2D eigenvalue weighted by molar-refractivity contribution is 6.30. The third-order valence-electron chi connectivity index (χ3n) is 5.73. The number of benzene rings is 1. The van der Waals surface area contributed by atoms with Crippen LogP contribution >= 0.6 is 11.6 Å². The molecule has 6 nitrogen and oxygen atoms in total. The monoisotopic (exact) mass is 455 g/mol. The van der Waals surface area contributed by atoms with E-state index in [1.165, 1.54) is 19.3 Å². The molecule has 0 bridgehead atoms. The lowest BCUT2D eigenvalue weighted by molar-refractivity contribution is -0.119. The van der Waals surface area contributed by atoms with Crippen molar-refractivity contribution in [2.45, 2.75) is 84.1 Å². The Morgan fingerprint density at radius 3 is 2.69 bits per heavy atom. The average Bonchev–Trinajstić information content (AvgIpc) is 3.19. The summed E-state index contributed by atoms with van der Waals surface area (Å²) in [5.74, 6) is 1.58. The van der Waals surface area contributed by atoms with Crippen LogP contribution in [0, 0.1) is 0 Å². The molecule has 0 radical (unpaired) electrons. The number of aromatic nitrogens is 4. The third kappa shape index (κ3) is 7.30. The zero-order valence-electron chi connectivity index (χ0n) is 19.0. The first-order valence-corrected chi connectivity index (χ1v) is 12.2. The number of hydrogen-bond acceptors (Lipinski definition) is 5. The van der Waals surface area contributed by atoms with Crippen molar-refractivity contribution in [3.8, 4) is 0 Å². The minimum absolute atomic E-state index is 0.311. The van der Waals surface area contributed by atoms with E-state index in [1.54, 1.807) is 6.33 Å². The zero-order valence-corrected chi connectivity index (χ0v) is 19.8. The molecule has 32 heavy (non-hydrogen) atoms. The summed E-state index contributed by atoms with van der Waals surface area (Å²) in [6, 6.07) is 7.72. The molecule has 0 fully saturated rings. The van der Waals surface area contributed by atoms with Gasteiger partial charge in [0.1, 0.15) is 17.1 Å². The summed E-state index contributed by atoms with van der Waals surface area (Å²) in [6.07, 6.45) is 12.2. The highest BCUT2D eigenvalue weighted by Crippen LogP contribution is 2.18. The lowest BCUT2D eigenvalue weighted by Crippen LogP contribution is -2.05. The summed E-state index contributed by atoms with van der Waals surface area (Å²) in [5.41, 5.74) is 8.73. The lowest BCUT2D eigenvalue weighted by Gasteiger charge is -2.06. The SMILES string of the molecule is CCCCCCc1nc(N)c2ncn(CCCCCC(=O)CCc3cccc(Cl)c3)c2n1. The average molecular weight is 456 g/mol. The van der Waals surface area contributed by atoms with Gasteiger partial charge in [-0.25, -0.2) is 15.0 Å². The van der Waals surface area contributed by atoms with Crippen molar-refractivity contribution < 1.29 is 4.79 Å². The van der Waals surface area contributed by atoms with E-state index in [-0.39, 0.29) is 0 Å². The second-order valence-corrected chi connectivity index (χ2v) is 8.86. The van der Waals surface area contributed by atoms with Crippen molar-refractivity contribution in [1.82, 2.24) is 19.5 Å². The summed E-state index contributed by atoms with van der Waals surface area (Å²) in [7, 11) is 0. The standard InChI is InChI=1S/C25H34ClN5O/c1-2-3-4-7-13-22-29-24(27)23-25(30-22)31(18-28-23)16-8-5-6-12-21(32)15-14-19-10-9-11-20(26)17-19/h9-11,17-18H,2-8,12-16H2,1H3,(H2,27,29,30). The Kier molecular flexibility index (Phi) is 9.47. The molecule has 3 aromatic rings. The summed E-state index contributed by atoms with van der Waals surface area (Å²) >= 11 is 6.00. The van der Waals surface area contributed by atoms with Gasteiger partial charge in [-0.3, -0.25) is 4.79 Å². The number of nitrogens with zero attached hydrogens (tertiary/aromatic N) is 4. The Morgan fingerprint density at radius 2 is 1.88 bits per heavy atom. The van der Waals surface area contributed by atoms with Gasteiger partial charge in [-0.2, -0.15) is 0 Å². The van der Waals surface area contributed by atoms with Crippen molar-refractivity contribution in [2.75, 3.05) is 5.73 Å². The van der Waals surface area contributed by atoms with E-state index in [4.69, 9.17) is 22.3 Å². The second-order valence-electron chi connectivity index (χ2n) is 8.43. The van der Waals surface area contributed by atoms with E-state index in [9.17, 15) is 4.79 Å². The van der Waals surface area contributed by atoms with Crippen LogP contribution in [0.4, 0.5) is 5.82 Å². The molecule has 0 aliphatic rings. The van der Waals surface area contributed by atoms with Crippen LogP contribution in [0.1, 0.15) is 76.1 Å². The topological polar surface area (TPSA) is 86.7 Å². The van der Waals surface area contributed by atoms with Crippen LogP contribution < -0.4 is 5.73 Å². The van der Waals surface area contributed by atoms with Gasteiger partial charge < -0.3 is 10.3 Å². The summed E-state index contributed by atoms with van der Waals surface area (Å²) < 4.78 is 2.06. The molecule has 0 aliphatic carbocycles. The number of halogens is 1. The van der Waals surface area contributed by atoms with E-state index >= 15 is 0 Å². The fraction of sp³-hybridized carbons (Fsp3) is 0.520. The van der Waals surface area contributed by atoms with Gasteiger partial charge in [-0.1, -0.05) is 56.3 Å². The molecular weight excluding hydrogens is 422 g/mol. The van der Waals surface area contributed by atoms with Gasteiger partial charge >= 0.3 is 0 Å². The number of carbonyl (C=O) groups is 1. The van der Waals surface area contributed by atoms with E-state index in [0.29, 0.717) is 30.0 Å². The molecule has 0 saturated heterocycles. The normalized spacial score (nSPS) is 11.3. The first-order chi connectivity index (χ1) is 15.6. The maximum Gasteiger partial charge on any atom is 0.165 e. The molecule has 0 aliphatic heterocycles. The fourth-order valence-corrected chi connectivity index (χ4v) is 4.09. The van der Waals surface area contributed by atoms with Crippen LogP contribution in [-0.4, -0.2) is 25.3 Å². The van der Waals surface area contributed by atoms with Crippen LogP contribution in [0.5, 0.6) is 0 Å². The Morgan fingerprint density at radius 1 is 1.03 bits per heavy atom. The Balaban J connectivity index is 1.41. The number of carbonyl (C=O) groups excluding carboxylic acids is 1. The number of ketones is 1. The molecule has 0 saturated carbocycles. The van der Waals surface area contributed by atoms with Gasteiger partial charge in [0.05, 0.1) is 6.33 Å². The number of Topliss-reactive ketones (excluding diaryl/α,β-unsaturated/α-hetero) is 1. The molecule has 172 valence electrons. The van der Waals surface area contributed by atoms with Crippen molar-refractivity contribution in [3.63, 3.8) is 0 Å². The summed E-state index contributed by atoms with van der Waals surface area (Å²) in [6.45, 7) is 3.02. The maximum absolute atomic E-state index is 12.2. The predicted molar refractivity (Wildman–Crippen MR) is 131 cm³/mol. The van der Waals surface area contributed by atoms with Gasteiger partial charge in [0.25, 0.3) is 0 Å². The lowest BCUT2D eigenvalue weighted by atomic mass is 10.0. The van der Waals surface area contributed by atoms with Gasteiger partial charge in [-0.15, -0.1) is 0 Å². The number of unbranched alkanes of at least 4 members (excludes halogenated alkanes) is 5. The van der Waals surface area contributed by atoms with Gasteiger partial charge in [-0.05, 0) is 43.4 Å². The molecule has 0 amide bonds. The smallest absolute Gasteiger partial charge is 0.165 e. The van der Waals surface area contributed by atoms with E-state index in [1.807, 2.05) is 24.3 Å². The molecule has 0 atom stereocenters. The molecule has 0 spiro atoms. The first kappa shape index (κ1) is 24.2. The number of nitrogen functional groups attached to an aromatic ring is 1. The van der Waals surface area contributed by atoms with Crippen LogP contribution in [-0.2, 0) is 24.2 Å². The number of imidazole rings is 1. The molecule has 2 heterocycles. The van der Waals surface area contributed by atoms with Crippen LogP contribution in [0.25, 0.3) is 11.2 Å². The second kappa shape index (κ2) is 12.5. The Bertz CT molecular complexity index is 1020. The fourth-order valence-electron chi connectivity index (χ4n) is 3.88. The molecular formula is C25H34ClN5O. The summed E-state index contributed by atoms with van der Waals surface area (Å²) in [5, 5.41) is 0.720. The quantitative estimate of drug-likeness (QED) is 0.303. The van der Waals surface area contributed by atoms with Crippen molar-refractivity contribution in [3.05, 3.63) is 47.0 Å². The number of hydrogen-bond donors (Lipinski definition) is 1. The van der Waals surface area contributed by atoms with Crippen LogP contribution in [0.3, 0.4) is 0 Å². The van der Waals surface area contributed by atoms with Crippen LogP contribution in [0.2, 0.25) is 5.02 Å². The minimum Gasteiger partial charge on any atom is -0.382 e. The number of aryl methyl sites for hydroxylation is 3. The summed E-state index contributed by atoms with van der Waals surface area (Å²) in [4.78, 5) is 25.8. The number of rotatable bonds is 14. The minimum atomic E-state index is 0.311. The van der Waals surface area contributed by atoms with Gasteiger partial charge in [0.2, 0.25) is 0 Å². The Labute approximate surface area is 195 Å². The van der Waals surface area contributed by atoms with Crippen molar-refractivity contribution in [1.29, 1.82) is 0 Å². The largest absolute Gasteiger partial charge is 0.382 e. The first-order valence-electron chi connectivity index (χ1n) is 11.8.